The summed E-state index contributed by atoms with van der Waals surface area (Å²) in [6.45, 7) is 0. The predicted octanol–water partition coefficient (Wildman–Crippen LogP) is 3.11. The third kappa shape index (κ3) is 2.81. The number of thioether (sulfide) groups is 1. The van der Waals surface area contributed by atoms with Crippen LogP contribution in [0.25, 0.3) is 11.4 Å². The highest BCUT2D eigenvalue weighted by Gasteiger charge is 2.30. The molecule has 0 unspecified atom stereocenters. The number of carboxylic acid groups (broad SMARTS) is 1. The Morgan fingerprint density at radius 3 is 2.90 bits per heavy atom. The molecule has 1 N–H and O–H groups in total. The first-order valence-corrected chi connectivity index (χ1v) is 7.57. The third-order valence-electron chi connectivity index (χ3n) is 2.98. The number of carboxylic acids is 1. The molecule has 104 valence electrons. The predicted molar refractivity (Wildman–Crippen MR) is 77.1 cm³/mol. The van der Waals surface area contributed by atoms with Crippen LogP contribution in [-0.4, -0.2) is 31.6 Å². The fourth-order valence-electron chi connectivity index (χ4n) is 1.99. The molecule has 1 heterocycles. The van der Waals surface area contributed by atoms with Crippen LogP contribution >= 0.6 is 23.4 Å². The summed E-state index contributed by atoms with van der Waals surface area (Å²) in [5, 5.41) is 18.4. The summed E-state index contributed by atoms with van der Waals surface area (Å²) in [7, 11) is 0. The Kier molecular flexibility index (Phi) is 3.67. The summed E-state index contributed by atoms with van der Waals surface area (Å²) < 4.78 is 2.03. The van der Waals surface area contributed by atoms with Crippen molar-refractivity contribution in [2.45, 2.75) is 24.0 Å². The van der Waals surface area contributed by atoms with Gasteiger partial charge in [-0.05, 0) is 25.0 Å². The van der Waals surface area contributed by atoms with E-state index >= 15 is 0 Å². The molecule has 0 radical (unpaired) electrons. The molecular formula is C13H12ClN3O2S. The zero-order valence-electron chi connectivity index (χ0n) is 10.5. The minimum Gasteiger partial charge on any atom is -0.481 e. The van der Waals surface area contributed by atoms with Crippen molar-refractivity contribution in [1.82, 2.24) is 14.8 Å². The Morgan fingerprint density at radius 2 is 2.25 bits per heavy atom. The number of rotatable bonds is 5. The van der Waals surface area contributed by atoms with E-state index in [2.05, 4.69) is 10.2 Å². The second-order valence-corrected chi connectivity index (χ2v) is 5.98. The van der Waals surface area contributed by atoms with Crippen LogP contribution in [0.4, 0.5) is 0 Å². The minimum atomic E-state index is -0.857. The number of nitrogens with zero attached hydrogens (tertiary/aromatic N) is 3. The summed E-state index contributed by atoms with van der Waals surface area (Å²) >= 11 is 7.21. The molecule has 1 saturated carbocycles. The molecular weight excluding hydrogens is 298 g/mol. The van der Waals surface area contributed by atoms with E-state index in [9.17, 15) is 4.79 Å². The molecule has 0 atom stereocenters. The standard InChI is InChI=1S/C13H12ClN3O2S/c14-9-3-1-2-8(6-9)12-15-16-13(20-7-11(18)19)17(12)10-4-5-10/h1-3,6,10H,4-5,7H2,(H,18,19). The largest absolute Gasteiger partial charge is 0.481 e. The van der Waals surface area contributed by atoms with E-state index in [0.717, 1.165) is 24.2 Å². The minimum absolute atomic E-state index is 0.0135. The van der Waals surface area contributed by atoms with E-state index < -0.39 is 5.97 Å². The highest BCUT2D eigenvalue weighted by atomic mass is 35.5. The second-order valence-electron chi connectivity index (χ2n) is 4.60. The maximum Gasteiger partial charge on any atom is 0.313 e. The number of carbonyl (C=O) groups is 1. The number of benzene rings is 1. The van der Waals surface area contributed by atoms with Crippen LogP contribution in [0.3, 0.4) is 0 Å². The summed E-state index contributed by atoms with van der Waals surface area (Å²) in [6, 6.07) is 7.82. The molecule has 1 aromatic carbocycles. The molecule has 1 aliphatic rings. The number of hydrogen-bond donors (Lipinski definition) is 1. The smallest absolute Gasteiger partial charge is 0.313 e. The molecule has 0 saturated heterocycles. The molecule has 0 bridgehead atoms. The Morgan fingerprint density at radius 1 is 1.45 bits per heavy atom. The number of aromatic nitrogens is 3. The molecule has 3 rings (SSSR count). The van der Waals surface area contributed by atoms with Gasteiger partial charge < -0.3 is 5.11 Å². The number of hydrogen-bond acceptors (Lipinski definition) is 4. The van der Waals surface area contributed by atoms with Gasteiger partial charge in [0, 0.05) is 16.6 Å². The molecule has 0 amide bonds. The molecule has 20 heavy (non-hydrogen) atoms. The van der Waals surface area contributed by atoms with Crippen molar-refractivity contribution >= 4 is 29.3 Å². The van der Waals surface area contributed by atoms with Crippen LogP contribution < -0.4 is 0 Å². The molecule has 1 aliphatic carbocycles. The van der Waals surface area contributed by atoms with Gasteiger partial charge in [-0.2, -0.15) is 0 Å². The zero-order valence-corrected chi connectivity index (χ0v) is 12.1. The SMILES string of the molecule is O=C(O)CSc1nnc(-c2cccc(Cl)c2)n1C1CC1. The van der Waals surface area contributed by atoms with Crippen molar-refractivity contribution in [3.05, 3.63) is 29.3 Å². The Balaban J connectivity index is 1.97. The van der Waals surface area contributed by atoms with Gasteiger partial charge in [0.15, 0.2) is 11.0 Å². The van der Waals surface area contributed by atoms with E-state index in [-0.39, 0.29) is 5.75 Å². The molecule has 2 aromatic rings. The van der Waals surface area contributed by atoms with E-state index in [1.807, 2.05) is 28.8 Å². The molecule has 0 aliphatic heterocycles. The maximum absolute atomic E-state index is 10.7. The first kappa shape index (κ1) is 13.5. The quantitative estimate of drug-likeness (QED) is 0.860. The normalized spacial score (nSPS) is 14.4. The van der Waals surface area contributed by atoms with Gasteiger partial charge >= 0.3 is 5.97 Å². The van der Waals surface area contributed by atoms with Crippen molar-refractivity contribution in [1.29, 1.82) is 0 Å². The lowest BCUT2D eigenvalue weighted by molar-refractivity contribution is -0.133. The van der Waals surface area contributed by atoms with Gasteiger partial charge in [-0.15, -0.1) is 10.2 Å². The van der Waals surface area contributed by atoms with E-state index in [0.29, 0.717) is 16.2 Å². The lowest BCUT2D eigenvalue weighted by Gasteiger charge is -2.08. The summed E-state index contributed by atoms with van der Waals surface area (Å²) in [5.41, 5.74) is 0.902. The number of halogens is 1. The van der Waals surface area contributed by atoms with Gasteiger partial charge in [0.05, 0.1) is 5.75 Å². The molecule has 7 heteroatoms. The summed E-state index contributed by atoms with van der Waals surface area (Å²) in [5.74, 6) is -0.118. The Hall–Kier alpha value is -1.53. The lowest BCUT2D eigenvalue weighted by atomic mass is 10.2. The highest BCUT2D eigenvalue weighted by molar-refractivity contribution is 7.99. The average Bonchev–Trinajstić information content (AvgIpc) is 3.16. The molecule has 1 fully saturated rings. The van der Waals surface area contributed by atoms with Crippen LogP contribution in [0.1, 0.15) is 18.9 Å². The van der Waals surface area contributed by atoms with Crippen molar-refractivity contribution in [2.24, 2.45) is 0 Å². The number of aliphatic carboxylic acids is 1. The fraction of sp³-hybridized carbons (Fsp3) is 0.308. The van der Waals surface area contributed by atoms with E-state index in [4.69, 9.17) is 16.7 Å². The van der Waals surface area contributed by atoms with Gasteiger partial charge in [0.25, 0.3) is 0 Å². The second kappa shape index (κ2) is 5.46. The maximum atomic E-state index is 10.7. The van der Waals surface area contributed by atoms with Crippen LogP contribution in [0.15, 0.2) is 29.4 Å². The van der Waals surface area contributed by atoms with Crippen LogP contribution in [-0.2, 0) is 4.79 Å². The molecule has 0 spiro atoms. The molecule has 5 nitrogen and oxygen atoms in total. The zero-order chi connectivity index (χ0) is 14.1. The highest BCUT2D eigenvalue weighted by Crippen LogP contribution is 2.41. The Labute approximate surface area is 125 Å². The van der Waals surface area contributed by atoms with Crippen LogP contribution in [0, 0.1) is 0 Å². The van der Waals surface area contributed by atoms with Gasteiger partial charge in [-0.25, -0.2) is 0 Å². The molecule has 1 aromatic heterocycles. The fourth-order valence-corrected chi connectivity index (χ4v) is 2.90. The first-order chi connectivity index (χ1) is 9.65. The third-order valence-corrected chi connectivity index (χ3v) is 4.15. The van der Waals surface area contributed by atoms with Gasteiger partial charge in [-0.3, -0.25) is 9.36 Å². The van der Waals surface area contributed by atoms with Crippen LogP contribution in [0.2, 0.25) is 5.02 Å². The van der Waals surface area contributed by atoms with Crippen molar-refractivity contribution in [3.8, 4) is 11.4 Å². The van der Waals surface area contributed by atoms with Crippen LogP contribution in [0.5, 0.6) is 0 Å². The van der Waals surface area contributed by atoms with Crippen molar-refractivity contribution < 1.29 is 9.90 Å². The lowest BCUT2D eigenvalue weighted by Crippen LogP contribution is -2.03. The topological polar surface area (TPSA) is 68.0 Å². The Bertz CT molecular complexity index is 655. The van der Waals surface area contributed by atoms with Gasteiger partial charge in [0.2, 0.25) is 0 Å². The van der Waals surface area contributed by atoms with Crippen molar-refractivity contribution in [2.75, 3.05) is 5.75 Å². The average molecular weight is 310 g/mol. The first-order valence-electron chi connectivity index (χ1n) is 6.20. The summed E-state index contributed by atoms with van der Waals surface area (Å²) in [6.07, 6.45) is 2.15. The monoisotopic (exact) mass is 309 g/mol. The summed E-state index contributed by atoms with van der Waals surface area (Å²) in [4.78, 5) is 10.7. The van der Waals surface area contributed by atoms with Crippen molar-refractivity contribution in [3.63, 3.8) is 0 Å². The van der Waals surface area contributed by atoms with Gasteiger partial charge in [-0.1, -0.05) is 35.5 Å². The van der Waals surface area contributed by atoms with E-state index in [1.54, 1.807) is 0 Å². The van der Waals surface area contributed by atoms with Gasteiger partial charge in [0.1, 0.15) is 0 Å². The van der Waals surface area contributed by atoms with E-state index in [1.165, 1.54) is 11.8 Å².